The molecule has 3 aromatic rings. The Morgan fingerprint density at radius 3 is 2.80 bits per heavy atom. The zero-order valence-corrected chi connectivity index (χ0v) is 14.4. The van der Waals surface area contributed by atoms with Crippen LogP contribution in [0.15, 0.2) is 61.2 Å². The summed E-state index contributed by atoms with van der Waals surface area (Å²) in [5.41, 5.74) is 4.07. The molecule has 6 heteroatoms. The third-order valence-corrected chi connectivity index (χ3v) is 3.89. The molecule has 126 valence electrons. The van der Waals surface area contributed by atoms with Crippen molar-refractivity contribution in [3.05, 3.63) is 82.9 Å². The van der Waals surface area contributed by atoms with Gasteiger partial charge >= 0.3 is 0 Å². The van der Waals surface area contributed by atoms with E-state index in [9.17, 15) is 4.79 Å². The standard InChI is InChI=1S/C19H17ClN4O/c1-13-4-5-16(20)8-18(13)24-17-7-15(11-22-12-17)19(25)23-10-14-3-2-6-21-9-14/h2-9,11-12,24H,10H2,1H3,(H,23,25). The third-order valence-electron chi connectivity index (χ3n) is 3.65. The molecule has 2 N–H and O–H groups in total. The van der Waals surface area contributed by atoms with Gasteiger partial charge < -0.3 is 10.6 Å². The first-order valence-corrected chi connectivity index (χ1v) is 8.15. The van der Waals surface area contributed by atoms with E-state index in [2.05, 4.69) is 20.6 Å². The first kappa shape index (κ1) is 16.9. The Morgan fingerprint density at radius 1 is 1.12 bits per heavy atom. The van der Waals surface area contributed by atoms with Crippen molar-refractivity contribution in [2.24, 2.45) is 0 Å². The maximum absolute atomic E-state index is 12.3. The van der Waals surface area contributed by atoms with Crippen LogP contribution in [0.2, 0.25) is 5.02 Å². The molecule has 0 aliphatic heterocycles. The number of halogens is 1. The number of aromatic nitrogens is 2. The van der Waals surface area contributed by atoms with Crippen LogP contribution in [0.5, 0.6) is 0 Å². The highest BCUT2D eigenvalue weighted by atomic mass is 35.5. The Hall–Kier alpha value is -2.92. The zero-order valence-electron chi connectivity index (χ0n) is 13.7. The van der Waals surface area contributed by atoms with Crippen LogP contribution >= 0.6 is 11.6 Å². The molecule has 25 heavy (non-hydrogen) atoms. The molecule has 2 heterocycles. The smallest absolute Gasteiger partial charge is 0.253 e. The van der Waals surface area contributed by atoms with Crippen molar-refractivity contribution < 1.29 is 4.79 Å². The summed E-state index contributed by atoms with van der Waals surface area (Å²) in [7, 11) is 0. The van der Waals surface area contributed by atoms with E-state index in [4.69, 9.17) is 11.6 Å². The van der Waals surface area contributed by atoms with E-state index in [0.717, 1.165) is 22.5 Å². The van der Waals surface area contributed by atoms with Crippen LogP contribution in [-0.2, 0) is 6.54 Å². The van der Waals surface area contributed by atoms with Crippen LogP contribution < -0.4 is 10.6 Å². The van der Waals surface area contributed by atoms with Crippen LogP contribution in [0.3, 0.4) is 0 Å². The molecular weight excluding hydrogens is 336 g/mol. The summed E-state index contributed by atoms with van der Waals surface area (Å²) in [6.07, 6.45) is 6.62. The summed E-state index contributed by atoms with van der Waals surface area (Å²) in [5, 5.41) is 6.75. The predicted molar refractivity (Wildman–Crippen MR) is 99.1 cm³/mol. The van der Waals surface area contributed by atoms with E-state index in [1.54, 1.807) is 24.7 Å². The number of aryl methyl sites for hydroxylation is 1. The molecule has 0 aliphatic carbocycles. The SMILES string of the molecule is Cc1ccc(Cl)cc1Nc1cncc(C(=O)NCc2cccnc2)c1. The highest BCUT2D eigenvalue weighted by Crippen LogP contribution is 2.24. The Morgan fingerprint density at radius 2 is 2.00 bits per heavy atom. The molecule has 0 atom stereocenters. The van der Waals surface area contributed by atoms with Gasteiger partial charge in [-0.1, -0.05) is 23.7 Å². The number of carbonyl (C=O) groups excluding carboxylic acids is 1. The maximum Gasteiger partial charge on any atom is 0.253 e. The zero-order chi connectivity index (χ0) is 17.6. The molecular formula is C19H17ClN4O. The minimum atomic E-state index is -0.192. The fraction of sp³-hybridized carbons (Fsp3) is 0.105. The van der Waals surface area contributed by atoms with Crippen molar-refractivity contribution in [2.45, 2.75) is 13.5 Å². The summed E-state index contributed by atoms with van der Waals surface area (Å²) in [6.45, 7) is 2.40. The molecule has 1 aromatic carbocycles. The van der Waals surface area contributed by atoms with Crippen molar-refractivity contribution in [3.8, 4) is 0 Å². The van der Waals surface area contributed by atoms with Crippen LogP contribution in [0.1, 0.15) is 21.5 Å². The lowest BCUT2D eigenvalue weighted by atomic mass is 10.2. The lowest BCUT2D eigenvalue weighted by Crippen LogP contribution is -2.23. The van der Waals surface area contributed by atoms with Crippen molar-refractivity contribution in [3.63, 3.8) is 0 Å². The van der Waals surface area contributed by atoms with Gasteiger partial charge in [-0.2, -0.15) is 0 Å². The van der Waals surface area contributed by atoms with E-state index in [1.807, 2.05) is 37.3 Å². The van der Waals surface area contributed by atoms with E-state index in [0.29, 0.717) is 17.1 Å². The van der Waals surface area contributed by atoms with Gasteiger partial charge in [-0.05, 0) is 42.3 Å². The lowest BCUT2D eigenvalue weighted by Gasteiger charge is -2.11. The van der Waals surface area contributed by atoms with Gasteiger partial charge in [-0.25, -0.2) is 0 Å². The normalized spacial score (nSPS) is 10.3. The predicted octanol–water partition coefficient (Wildman–Crippen LogP) is 4.11. The first-order valence-electron chi connectivity index (χ1n) is 7.77. The summed E-state index contributed by atoms with van der Waals surface area (Å²) < 4.78 is 0. The molecule has 0 radical (unpaired) electrons. The number of anilines is 2. The number of benzene rings is 1. The van der Waals surface area contributed by atoms with Crippen LogP contribution in [0.4, 0.5) is 11.4 Å². The summed E-state index contributed by atoms with van der Waals surface area (Å²) >= 11 is 6.04. The van der Waals surface area contributed by atoms with Gasteiger partial charge in [0.2, 0.25) is 0 Å². The lowest BCUT2D eigenvalue weighted by molar-refractivity contribution is 0.0950. The molecule has 1 amide bonds. The quantitative estimate of drug-likeness (QED) is 0.725. The Labute approximate surface area is 151 Å². The average molecular weight is 353 g/mol. The number of rotatable bonds is 5. The average Bonchev–Trinajstić information content (AvgIpc) is 2.64. The molecule has 2 aromatic heterocycles. The largest absolute Gasteiger partial charge is 0.354 e. The number of nitrogens with one attached hydrogen (secondary N) is 2. The van der Waals surface area contributed by atoms with Crippen molar-refractivity contribution in [1.82, 2.24) is 15.3 Å². The molecule has 0 spiro atoms. The van der Waals surface area contributed by atoms with Gasteiger partial charge in [0, 0.05) is 35.8 Å². The van der Waals surface area contributed by atoms with Crippen molar-refractivity contribution >= 4 is 28.9 Å². The highest BCUT2D eigenvalue weighted by Gasteiger charge is 2.08. The molecule has 3 rings (SSSR count). The second-order valence-corrected chi connectivity index (χ2v) is 6.03. The number of amides is 1. The summed E-state index contributed by atoms with van der Waals surface area (Å²) in [4.78, 5) is 20.5. The van der Waals surface area contributed by atoms with Gasteiger partial charge in [0.05, 0.1) is 17.4 Å². The molecule has 0 saturated heterocycles. The molecule has 0 saturated carbocycles. The minimum Gasteiger partial charge on any atom is -0.354 e. The Kier molecular flexibility index (Phi) is 5.26. The number of carbonyl (C=O) groups is 1. The monoisotopic (exact) mass is 352 g/mol. The first-order chi connectivity index (χ1) is 12.1. The van der Waals surface area contributed by atoms with Gasteiger partial charge in [-0.15, -0.1) is 0 Å². The fourth-order valence-corrected chi connectivity index (χ4v) is 2.48. The number of hydrogen-bond donors (Lipinski definition) is 2. The molecule has 0 fully saturated rings. The molecule has 5 nitrogen and oxygen atoms in total. The highest BCUT2D eigenvalue weighted by molar-refractivity contribution is 6.30. The minimum absolute atomic E-state index is 0.192. The van der Waals surface area contributed by atoms with Gasteiger partial charge in [-0.3, -0.25) is 14.8 Å². The van der Waals surface area contributed by atoms with E-state index >= 15 is 0 Å². The molecule has 0 bridgehead atoms. The number of hydrogen-bond acceptors (Lipinski definition) is 4. The molecule has 0 aliphatic rings. The Balaban J connectivity index is 1.70. The maximum atomic E-state index is 12.3. The summed E-state index contributed by atoms with van der Waals surface area (Å²) in [6, 6.07) is 11.1. The van der Waals surface area contributed by atoms with Gasteiger partial charge in [0.1, 0.15) is 0 Å². The van der Waals surface area contributed by atoms with E-state index in [-0.39, 0.29) is 5.91 Å². The second-order valence-electron chi connectivity index (χ2n) is 5.59. The fourth-order valence-electron chi connectivity index (χ4n) is 2.30. The summed E-state index contributed by atoms with van der Waals surface area (Å²) in [5.74, 6) is -0.192. The van der Waals surface area contributed by atoms with E-state index < -0.39 is 0 Å². The van der Waals surface area contributed by atoms with Crippen LogP contribution in [0.25, 0.3) is 0 Å². The van der Waals surface area contributed by atoms with E-state index in [1.165, 1.54) is 6.20 Å². The Bertz CT molecular complexity index is 884. The van der Waals surface area contributed by atoms with Gasteiger partial charge in [0.15, 0.2) is 0 Å². The van der Waals surface area contributed by atoms with Crippen molar-refractivity contribution in [2.75, 3.05) is 5.32 Å². The van der Waals surface area contributed by atoms with Crippen LogP contribution in [-0.4, -0.2) is 15.9 Å². The number of nitrogens with zero attached hydrogens (tertiary/aromatic N) is 2. The van der Waals surface area contributed by atoms with Crippen LogP contribution in [0, 0.1) is 6.92 Å². The number of pyridine rings is 2. The second kappa shape index (κ2) is 7.77. The van der Waals surface area contributed by atoms with Gasteiger partial charge in [0.25, 0.3) is 5.91 Å². The van der Waals surface area contributed by atoms with Crippen molar-refractivity contribution in [1.29, 1.82) is 0 Å². The molecule has 0 unspecified atom stereocenters. The topological polar surface area (TPSA) is 66.9 Å². The third kappa shape index (κ3) is 4.55.